The maximum absolute atomic E-state index is 11.1. The number of ether oxygens (including phenoxy) is 1. The van der Waals surface area contributed by atoms with E-state index in [0.717, 1.165) is 16.8 Å². The fraction of sp³-hybridized carbons (Fsp3) is 0.333. The monoisotopic (exact) mass is 243 g/mol. The van der Waals surface area contributed by atoms with Crippen LogP contribution in [0.2, 0.25) is 0 Å². The molecule has 0 radical (unpaired) electrons. The van der Waals surface area contributed by atoms with Gasteiger partial charge in [0.2, 0.25) is 0 Å². The summed E-state index contributed by atoms with van der Waals surface area (Å²) in [6.07, 6.45) is 1.10. The third kappa shape index (κ3) is 2.67. The topological polar surface area (TPSA) is 39.2 Å². The minimum atomic E-state index is -0.177. The zero-order chi connectivity index (χ0) is 13.1. The average Bonchev–Trinajstić information content (AvgIpc) is 2.35. The van der Waals surface area contributed by atoms with Crippen LogP contribution in [0.3, 0.4) is 0 Å². The third-order valence-corrected chi connectivity index (χ3v) is 3.05. The molecule has 2 rings (SSSR count). The van der Waals surface area contributed by atoms with E-state index >= 15 is 0 Å². The Hall–Kier alpha value is -1.90. The van der Waals surface area contributed by atoms with Gasteiger partial charge in [0.15, 0.2) is 0 Å². The highest BCUT2D eigenvalue weighted by molar-refractivity contribution is 5.83. The molecule has 0 aliphatic heterocycles. The van der Waals surface area contributed by atoms with E-state index in [0.29, 0.717) is 12.8 Å². The molecule has 0 saturated carbocycles. The molecule has 1 heterocycles. The molecule has 0 fully saturated rings. The number of aryl methyl sites for hydroxylation is 3. The minimum absolute atomic E-state index is 0.177. The molecule has 94 valence electrons. The summed E-state index contributed by atoms with van der Waals surface area (Å²) in [7, 11) is 1.41. The molecule has 18 heavy (non-hydrogen) atoms. The first-order valence-electron chi connectivity index (χ1n) is 6.04. The predicted octanol–water partition coefficient (Wildman–Crippen LogP) is 2.96. The minimum Gasteiger partial charge on any atom is -0.469 e. The van der Waals surface area contributed by atoms with Crippen LogP contribution in [0, 0.1) is 13.8 Å². The predicted molar refractivity (Wildman–Crippen MR) is 71.6 cm³/mol. The number of hydrogen-bond acceptors (Lipinski definition) is 3. The van der Waals surface area contributed by atoms with Crippen molar-refractivity contribution in [3.05, 3.63) is 41.1 Å². The SMILES string of the molecule is COC(=O)CCc1ccc2c(C)cc(C)nc2c1. The smallest absolute Gasteiger partial charge is 0.305 e. The second-order valence-electron chi connectivity index (χ2n) is 4.51. The number of pyridine rings is 1. The number of carbonyl (C=O) groups is 1. The Labute approximate surface area is 107 Å². The number of fused-ring (bicyclic) bond motifs is 1. The normalized spacial score (nSPS) is 10.6. The van der Waals surface area contributed by atoms with Crippen LogP contribution in [0.25, 0.3) is 10.9 Å². The lowest BCUT2D eigenvalue weighted by Gasteiger charge is -2.06. The van der Waals surface area contributed by atoms with Crippen LogP contribution in [-0.2, 0) is 16.0 Å². The number of esters is 1. The van der Waals surface area contributed by atoms with Crippen LogP contribution in [0.5, 0.6) is 0 Å². The summed E-state index contributed by atoms with van der Waals surface area (Å²) in [6, 6.07) is 8.26. The molecule has 1 aromatic carbocycles. The molecule has 2 aromatic rings. The summed E-state index contributed by atoms with van der Waals surface area (Å²) >= 11 is 0. The van der Waals surface area contributed by atoms with Gasteiger partial charge in [-0.1, -0.05) is 12.1 Å². The summed E-state index contributed by atoms with van der Waals surface area (Å²) < 4.78 is 4.64. The maximum atomic E-state index is 11.1. The molecular formula is C15H17NO2. The van der Waals surface area contributed by atoms with Gasteiger partial charge in [-0.2, -0.15) is 0 Å². The van der Waals surface area contributed by atoms with Crippen LogP contribution < -0.4 is 0 Å². The molecule has 0 spiro atoms. The van der Waals surface area contributed by atoms with Crippen molar-refractivity contribution in [2.75, 3.05) is 7.11 Å². The van der Waals surface area contributed by atoms with Gasteiger partial charge in [0, 0.05) is 17.5 Å². The first-order valence-corrected chi connectivity index (χ1v) is 6.04. The van der Waals surface area contributed by atoms with E-state index in [1.54, 1.807) is 0 Å². The summed E-state index contributed by atoms with van der Waals surface area (Å²) in [5.41, 5.74) is 4.36. The Bertz CT molecular complexity index is 590. The molecule has 1 aromatic heterocycles. The highest BCUT2D eigenvalue weighted by atomic mass is 16.5. The van der Waals surface area contributed by atoms with Gasteiger partial charge in [0.1, 0.15) is 0 Å². The molecule has 0 aliphatic carbocycles. The zero-order valence-electron chi connectivity index (χ0n) is 11.0. The largest absolute Gasteiger partial charge is 0.469 e. The molecule has 0 bridgehead atoms. The second kappa shape index (κ2) is 5.17. The summed E-state index contributed by atoms with van der Waals surface area (Å²) in [6.45, 7) is 4.08. The van der Waals surface area contributed by atoms with Gasteiger partial charge in [0.25, 0.3) is 0 Å². The number of aromatic nitrogens is 1. The van der Waals surface area contributed by atoms with Crippen molar-refractivity contribution < 1.29 is 9.53 Å². The van der Waals surface area contributed by atoms with E-state index in [-0.39, 0.29) is 5.97 Å². The van der Waals surface area contributed by atoms with Crippen LogP contribution in [-0.4, -0.2) is 18.1 Å². The Morgan fingerprint density at radius 1 is 1.28 bits per heavy atom. The average molecular weight is 243 g/mol. The Morgan fingerprint density at radius 3 is 2.78 bits per heavy atom. The number of hydrogen-bond donors (Lipinski definition) is 0. The highest BCUT2D eigenvalue weighted by Gasteiger charge is 2.04. The first-order chi connectivity index (χ1) is 8.60. The van der Waals surface area contributed by atoms with Crippen molar-refractivity contribution >= 4 is 16.9 Å². The van der Waals surface area contributed by atoms with Crippen LogP contribution in [0.15, 0.2) is 24.3 Å². The van der Waals surface area contributed by atoms with E-state index in [4.69, 9.17) is 0 Å². The molecule has 3 heteroatoms. The Kier molecular flexibility index (Phi) is 3.60. The summed E-state index contributed by atoms with van der Waals surface area (Å²) in [5, 5.41) is 1.17. The van der Waals surface area contributed by atoms with E-state index in [1.807, 2.05) is 6.92 Å². The summed E-state index contributed by atoms with van der Waals surface area (Å²) in [5.74, 6) is -0.177. The van der Waals surface area contributed by atoms with Gasteiger partial charge < -0.3 is 4.74 Å². The number of methoxy groups -OCH3 is 1. The summed E-state index contributed by atoms with van der Waals surface area (Å²) in [4.78, 5) is 15.6. The van der Waals surface area contributed by atoms with Crippen molar-refractivity contribution in [3.8, 4) is 0 Å². The van der Waals surface area contributed by atoms with Gasteiger partial charge in [-0.05, 0) is 43.5 Å². The highest BCUT2D eigenvalue weighted by Crippen LogP contribution is 2.19. The Morgan fingerprint density at radius 2 is 2.06 bits per heavy atom. The van der Waals surface area contributed by atoms with Crippen molar-refractivity contribution in [2.24, 2.45) is 0 Å². The van der Waals surface area contributed by atoms with Crippen molar-refractivity contribution in [3.63, 3.8) is 0 Å². The molecule has 0 N–H and O–H groups in total. The molecule has 0 saturated heterocycles. The van der Waals surface area contributed by atoms with Gasteiger partial charge in [-0.3, -0.25) is 9.78 Å². The van der Waals surface area contributed by atoms with Gasteiger partial charge >= 0.3 is 5.97 Å². The molecule has 3 nitrogen and oxygen atoms in total. The van der Waals surface area contributed by atoms with E-state index in [2.05, 4.69) is 40.9 Å². The lowest BCUT2D eigenvalue weighted by atomic mass is 10.0. The number of carbonyl (C=O) groups excluding carboxylic acids is 1. The fourth-order valence-corrected chi connectivity index (χ4v) is 2.12. The fourth-order valence-electron chi connectivity index (χ4n) is 2.12. The first kappa shape index (κ1) is 12.6. The lowest BCUT2D eigenvalue weighted by molar-refractivity contribution is -0.140. The molecular weight excluding hydrogens is 226 g/mol. The number of nitrogens with zero attached hydrogens (tertiary/aromatic N) is 1. The lowest BCUT2D eigenvalue weighted by Crippen LogP contribution is -2.02. The van der Waals surface area contributed by atoms with Crippen molar-refractivity contribution in [2.45, 2.75) is 26.7 Å². The second-order valence-corrected chi connectivity index (χ2v) is 4.51. The van der Waals surface area contributed by atoms with Gasteiger partial charge in [-0.15, -0.1) is 0 Å². The van der Waals surface area contributed by atoms with E-state index < -0.39 is 0 Å². The van der Waals surface area contributed by atoms with Crippen LogP contribution in [0.1, 0.15) is 23.2 Å². The van der Waals surface area contributed by atoms with Crippen molar-refractivity contribution in [1.82, 2.24) is 4.98 Å². The Balaban J connectivity index is 2.29. The van der Waals surface area contributed by atoms with E-state index in [1.165, 1.54) is 18.1 Å². The van der Waals surface area contributed by atoms with Gasteiger partial charge in [-0.25, -0.2) is 0 Å². The van der Waals surface area contributed by atoms with E-state index in [9.17, 15) is 4.79 Å². The molecule has 0 atom stereocenters. The van der Waals surface area contributed by atoms with Gasteiger partial charge in [0.05, 0.1) is 12.6 Å². The number of rotatable bonds is 3. The maximum Gasteiger partial charge on any atom is 0.305 e. The van der Waals surface area contributed by atoms with Crippen LogP contribution >= 0.6 is 0 Å². The number of benzene rings is 1. The zero-order valence-corrected chi connectivity index (χ0v) is 11.0. The third-order valence-electron chi connectivity index (χ3n) is 3.05. The quantitative estimate of drug-likeness (QED) is 0.778. The molecule has 0 aliphatic rings. The van der Waals surface area contributed by atoms with Crippen LogP contribution in [0.4, 0.5) is 0 Å². The van der Waals surface area contributed by atoms with Crippen molar-refractivity contribution in [1.29, 1.82) is 0 Å². The standard InChI is InChI=1S/C15H17NO2/c1-10-8-11(2)16-14-9-12(4-6-13(10)14)5-7-15(17)18-3/h4,6,8-9H,5,7H2,1-3H3. The molecule has 0 unspecified atom stereocenters. The molecule has 0 amide bonds.